The normalized spacial score (nSPS) is 12.4. The molecule has 0 saturated carbocycles. The molecule has 1 aromatic heterocycles. The Labute approximate surface area is 128 Å². The van der Waals surface area contributed by atoms with Gasteiger partial charge in [0.15, 0.2) is 0 Å². The summed E-state index contributed by atoms with van der Waals surface area (Å²) in [4.78, 5) is 9.79. The number of alkyl halides is 3. The lowest BCUT2D eigenvalue weighted by atomic mass is 10.1. The third kappa shape index (κ3) is 4.37. The van der Waals surface area contributed by atoms with Crippen molar-refractivity contribution in [3.8, 4) is 5.75 Å². The lowest BCUT2D eigenvalue weighted by molar-refractivity contribution is -0.402. The van der Waals surface area contributed by atoms with E-state index in [1.54, 1.807) is 0 Å². The first kappa shape index (κ1) is 17.8. The van der Waals surface area contributed by atoms with Crippen LogP contribution in [0.15, 0.2) is 40.8 Å². The van der Waals surface area contributed by atoms with Gasteiger partial charge in [0.2, 0.25) is 0 Å². The topological polar surface area (TPSA) is 91.5 Å². The summed E-state index contributed by atoms with van der Waals surface area (Å²) in [5.41, 5.74) is 6.25. The minimum atomic E-state index is -4.77. The van der Waals surface area contributed by atoms with Crippen molar-refractivity contribution in [3.63, 3.8) is 0 Å². The first-order chi connectivity index (χ1) is 9.76. The van der Waals surface area contributed by atoms with Crippen LogP contribution >= 0.6 is 12.4 Å². The van der Waals surface area contributed by atoms with Crippen molar-refractivity contribution >= 4 is 18.3 Å². The maximum atomic E-state index is 12.0. The van der Waals surface area contributed by atoms with Crippen molar-refractivity contribution in [2.24, 2.45) is 5.73 Å². The lowest BCUT2D eigenvalue weighted by Crippen LogP contribution is -2.17. The molecule has 0 aliphatic rings. The quantitative estimate of drug-likeness (QED) is 0.679. The van der Waals surface area contributed by atoms with Gasteiger partial charge in [-0.05, 0) is 23.8 Å². The van der Waals surface area contributed by atoms with Crippen LogP contribution in [-0.2, 0) is 0 Å². The summed E-state index contributed by atoms with van der Waals surface area (Å²) < 4.78 is 44.7. The van der Waals surface area contributed by atoms with Gasteiger partial charge in [-0.25, -0.2) is 0 Å². The highest BCUT2D eigenvalue weighted by molar-refractivity contribution is 5.85. The van der Waals surface area contributed by atoms with Crippen molar-refractivity contribution in [1.29, 1.82) is 0 Å². The van der Waals surface area contributed by atoms with Gasteiger partial charge >= 0.3 is 12.2 Å². The van der Waals surface area contributed by atoms with E-state index in [0.717, 1.165) is 18.2 Å². The molecule has 0 radical (unpaired) electrons. The number of furan rings is 1. The van der Waals surface area contributed by atoms with E-state index in [2.05, 4.69) is 4.74 Å². The Morgan fingerprint density at radius 1 is 1.18 bits per heavy atom. The summed E-state index contributed by atoms with van der Waals surface area (Å²) in [5.74, 6) is -0.715. The van der Waals surface area contributed by atoms with E-state index in [0.29, 0.717) is 5.56 Å². The number of hydrogen-bond donors (Lipinski definition) is 1. The molecule has 0 aliphatic carbocycles. The molecule has 2 rings (SSSR count). The van der Waals surface area contributed by atoms with Crippen molar-refractivity contribution in [3.05, 3.63) is 57.8 Å². The molecule has 0 saturated heterocycles. The molecule has 2 aromatic rings. The van der Waals surface area contributed by atoms with Crippen molar-refractivity contribution in [2.45, 2.75) is 12.4 Å². The summed E-state index contributed by atoms with van der Waals surface area (Å²) in [5, 5.41) is 10.5. The third-order valence-electron chi connectivity index (χ3n) is 2.57. The molecular formula is C12H10ClF3N2O4. The second-order valence-corrected chi connectivity index (χ2v) is 4.03. The maximum Gasteiger partial charge on any atom is 0.573 e. The average molecular weight is 339 g/mol. The van der Waals surface area contributed by atoms with Crippen LogP contribution in [0.2, 0.25) is 0 Å². The van der Waals surface area contributed by atoms with E-state index in [-0.39, 0.29) is 23.9 Å². The van der Waals surface area contributed by atoms with Crippen molar-refractivity contribution in [2.75, 3.05) is 0 Å². The smallest absolute Gasteiger partial charge is 0.406 e. The van der Waals surface area contributed by atoms with Crippen LogP contribution in [0.25, 0.3) is 0 Å². The van der Waals surface area contributed by atoms with Gasteiger partial charge in [-0.15, -0.1) is 25.6 Å². The predicted molar refractivity (Wildman–Crippen MR) is 71.8 cm³/mol. The minimum Gasteiger partial charge on any atom is -0.406 e. The number of nitrogens with zero attached hydrogens (tertiary/aromatic N) is 1. The maximum absolute atomic E-state index is 12.0. The Kier molecular flexibility index (Phi) is 5.39. The highest BCUT2D eigenvalue weighted by Crippen LogP contribution is 2.28. The van der Waals surface area contributed by atoms with E-state index in [9.17, 15) is 23.3 Å². The predicted octanol–water partition coefficient (Wildman–Crippen LogP) is 3.56. The molecule has 0 bridgehead atoms. The molecular weight excluding hydrogens is 329 g/mol. The number of rotatable bonds is 4. The second kappa shape index (κ2) is 6.67. The van der Waals surface area contributed by atoms with Crippen LogP contribution in [-0.4, -0.2) is 11.3 Å². The molecule has 22 heavy (non-hydrogen) atoms. The molecule has 10 heteroatoms. The zero-order chi connectivity index (χ0) is 15.6. The van der Waals surface area contributed by atoms with E-state index in [1.807, 2.05) is 0 Å². The fraction of sp³-hybridized carbons (Fsp3) is 0.167. The number of ether oxygens (including phenoxy) is 1. The molecule has 2 N–H and O–H groups in total. The van der Waals surface area contributed by atoms with Gasteiger partial charge in [0.25, 0.3) is 0 Å². The first-order valence-corrected chi connectivity index (χ1v) is 5.61. The van der Waals surface area contributed by atoms with Gasteiger partial charge in [-0.2, -0.15) is 0 Å². The van der Waals surface area contributed by atoms with Gasteiger partial charge in [-0.3, -0.25) is 10.1 Å². The van der Waals surface area contributed by atoms with E-state index in [1.165, 1.54) is 18.2 Å². The summed E-state index contributed by atoms with van der Waals surface area (Å²) >= 11 is 0. The summed E-state index contributed by atoms with van der Waals surface area (Å²) in [6.07, 6.45) is -4.77. The zero-order valence-electron chi connectivity index (χ0n) is 10.7. The molecule has 1 aromatic carbocycles. The monoisotopic (exact) mass is 338 g/mol. The molecule has 1 atom stereocenters. The minimum absolute atomic E-state index is 0. The van der Waals surface area contributed by atoms with Crippen LogP contribution in [0.5, 0.6) is 5.75 Å². The van der Waals surface area contributed by atoms with E-state index in [4.69, 9.17) is 10.2 Å². The lowest BCUT2D eigenvalue weighted by Gasteiger charge is -2.11. The van der Waals surface area contributed by atoms with Crippen LogP contribution in [0.1, 0.15) is 17.4 Å². The Balaban J connectivity index is 0.00000242. The molecule has 120 valence electrons. The molecule has 0 aliphatic heterocycles. The standard InChI is InChI=1S/C12H9F3N2O4.ClH/c13-12(14,15)21-8-3-1-7(2-4-8)11(16)9-5-6-10(20-9)17(18)19;/h1-6,11H,16H2;1H/t11-;/m1./s1. The number of nitrogens with two attached hydrogens (primary N) is 1. The Hall–Kier alpha value is -2.26. The number of halogens is 4. The summed E-state index contributed by atoms with van der Waals surface area (Å²) in [7, 11) is 0. The number of hydrogen-bond acceptors (Lipinski definition) is 5. The average Bonchev–Trinajstić information content (AvgIpc) is 2.86. The molecule has 0 fully saturated rings. The summed E-state index contributed by atoms with van der Waals surface area (Å²) in [6, 6.07) is 6.48. The second-order valence-electron chi connectivity index (χ2n) is 4.03. The fourth-order valence-electron chi connectivity index (χ4n) is 1.65. The SMILES string of the molecule is Cl.N[C@H](c1ccc(OC(F)(F)F)cc1)c1ccc([N+](=O)[O-])o1. The van der Waals surface area contributed by atoms with Gasteiger partial charge < -0.3 is 14.9 Å². The van der Waals surface area contributed by atoms with Gasteiger partial charge in [-0.1, -0.05) is 12.1 Å². The largest absolute Gasteiger partial charge is 0.573 e. The molecule has 0 unspecified atom stereocenters. The number of nitro groups is 1. The fourth-order valence-corrected chi connectivity index (χ4v) is 1.65. The number of benzene rings is 1. The van der Waals surface area contributed by atoms with Gasteiger partial charge in [0.1, 0.15) is 16.4 Å². The summed E-state index contributed by atoms with van der Waals surface area (Å²) in [6.45, 7) is 0. The highest BCUT2D eigenvalue weighted by Gasteiger charge is 2.31. The Bertz CT molecular complexity index is 643. The molecule has 6 nitrogen and oxygen atoms in total. The molecule has 0 amide bonds. The van der Waals surface area contributed by atoms with Crippen LogP contribution in [0, 0.1) is 10.1 Å². The van der Waals surface area contributed by atoms with E-state index >= 15 is 0 Å². The Morgan fingerprint density at radius 3 is 2.23 bits per heavy atom. The Morgan fingerprint density at radius 2 is 1.77 bits per heavy atom. The van der Waals surface area contributed by atoms with E-state index < -0.39 is 23.2 Å². The van der Waals surface area contributed by atoms with Crippen LogP contribution < -0.4 is 10.5 Å². The highest BCUT2D eigenvalue weighted by atomic mass is 35.5. The molecule has 1 heterocycles. The van der Waals surface area contributed by atoms with Crippen LogP contribution in [0.3, 0.4) is 0 Å². The van der Waals surface area contributed by atoms with Gasteiger partial charge in [0.05, 0.1) is 12.1 Å². The van der Waals surface area contributed by atoms with Gasteiger partial charge in [0, 0.05) is 0 Å². The van der Waals surface area contributed by atoms with Crippen LogP contribution in [0.4, 0.5) is 19.1 Å². The first-order valence-electron chi connectivity index (χ1n) is 5.61. The van der Waals surface area contributed by atoms with Crippen molar-refractivity contribution < 1.29 is 27.2 Å². The van der Waals surface area contributed by atoms with Crippen molar-refractivity contribution in [1.82, 2.24) is 0 Å². The zero-order valence-corrected chi connectivity index (χ0v) is 11.6. The molecule has 0 spiro atoms. The third-order valence-corrected chi connectivity index (χ3v) is 2.57.